The van der Waals surface area contributed by atoms with E-state index in [1.54, 1.807) is 18.3 Å². The Labute approximate surface area is 218 Å². The summed E-state index contributed by atoms with van der Waals surface area (Å²) in [6.45, 7) is 16.3. The number of fused-ring (bicyclic) bond motifs is 5. The van der Waals surface area contributed by atoms with Gasteiger partial charge in [-0.2, -0.15) is 0 Å². The second-order valence-electron chi connectivity index (χ2n) is 12.5. The summed E-state index contributed by atoms with van der Waals surface area (Å²) in [5.74, 6) is 3.53. The van der Waals surface area contributed by atoms with Crippen LogP contribution in [-0.2, 0) is 9.47 Å². The van der Waals surface area contributed by atoms with E-state index >= 15 is 0 Å². The Morgan fingerprint density at radius 1 is 1.06 bits per heavy atom. The first-order valence-corrected chi connectivity index (χ1v) is 15.4. The maximum Gasteiger partial charge on any atom is 0.157 e. The number of rotatable bonds is 9. The molecule has 8 atom stereocenters. The highest BCUT2D eigenvalue weighted by atomic mass is 16.7. The van der Waals surface area contributed by atoms with Gasteiger partial charge >= 0.3 is 0 Å². The summed E-state index contributed by atoms with van der Waals surface area (Å²) in [4.78, 5) is 0. The molecule has 0 spiro atoms. The molecule has 0 aromatic rings. The minimum Gasteiger partial charge on any atom is -0.356 e. The van der Waals surface area contributed by atoms with Gasteiger partial charge in [0.2, 0.25) is 0 Å². The van der Waals surface area contributed by atoms with Crippen LogP contribution in [-0.4, -0.2) is 19.5 Å². The molecule has 3 fully saturated rings. The van der Waals surface area contributed by atoms with Gasteiger partial charge in [-0.15, -0.1) is 0 Å². The van der Waals surface area contributed by atoms with Gasteiger partial charge in [-0.3, -0.25) is 0 Å². The van der Waals surface area contributed by atoms with Crippen molar-refractivity contribution >= 4 is 0 Å². The molecule has 202 valence electrons. The highest BCUT2D eigenvalue weighted by Crippen LogP contribution is 2.67. The standard InChI is InChI=1S/C31H52O2.C2H6/c1-7-9-10-12-22(3)26-15-16-27-25-14-13-23-21-24(33-29(32-6)11-8-2)17-19-30(23,4)28(25)18-20-31(26,27)5;1-2/h12-13,24-29H,7-11,14-21H2,1-6H3;1-2H3/b22-12+;. The third-order valence-electron chi connectivity index (χ3n) is 10.8. The van der Waals surface area contributed by atoms with Gasteiger partial charge in [0, 0.05) is 7.11 Å². The lowest BCUT2D eigenvalue weighted by atomic mass is 9.47. The van der Waals surface area contributed by atoms with E-state index in [-0.39, 0.29) is 6.29 Å². The molecule has 0 amide bonds. The zero-order valence-electron chi connectivity index (χ0n) is 24.6. The quantitative estimate of drug-likeness (QED) is 0.183. The highest BCUT2D eigenvalue weighted by molar-refractivity contribution is 5.26. The molecule has 4 rings (SSSR count). The van der Waals surface area contributed by atoms with E-state index < -0.39 is 0 Å². The third-order valence-corrected chi connectivity index (χ3v) is 10.8. The van der Waals surface area contributed by atoms with Crippen LogP contribution in [0.4, 0.5) is 0 Å². The van der Waals surface area contributed by atoms with E-state index in [2.05, 4.69) is 46.8 Å². The largest absolute Gasteiger partial charge is 0.356 e. The number of allylic oxidation sites excluding steroid dienone is 3. The Morgan fingerprint density at radius 3 is 2.51 bits per heavy atom. The molecule has 2 nitrogen and oxygen atoms in total. The molecule has 3 saturated carbocycles. The highest BCUT2D eigenvalue weighted by Gasteiger charge is 2.58. The van der Waals surface area contributed by atoms with E-state index in [0.29, 0.717) is 16.9 Å². The van der Waals surface area contributed by atoms with Crippen molar-refractivity contribution in [2.75, 3.05) is 7.11 Å². The number of unbranched alkanes of at least 4 members (excludes halogenated alkanes) is 2. The Bertz CT molecular complexity index is 723. The van der Waals surface area contributed by atoms with Crippen LogP contribution in [0.25, 0.3) is 0 Å². The first-order chi connectivity index (χ1) is 16.9. The fourth-order valence-electron chi connectivity index (χ4n) is 8.86. The number of methoxy groups -OCH3 is 1. The zero-order chi connectivity index (χ0) is 25.6. The summed E-state index contributed by atoms with van der Waals surface area (Å²) in [5, 5.41) is 0. The molecule has 0 aliphatic heterocycles. The van der Waals surface area contributed by atoms with Crippen LogP contribution in [0, 0.1) is 34.5 Å². The van der Waals surface area contributed by atoms with E-state index in [1.807, 2.05) is 13.8 Å². The minimum atomic E-state index is -0.0271. The van der Waals surface area contributed by atoms with Crippen LogP contribution in [0.3, 0.4) is 0 Å². The molecule has 4 aliphatic rings. The molecule has 0 N–H and O–H groups in total. The molecule has 8 unspecified atom stereocenters. The first kappa shape index (κ1) is 29.0. The monoisotopic (exact) mass is 486 g/mol. The van der Waals surface area contributed by atoms with Gasteiger partial charge in [-0.05, 0) is 106 Å². The summed E-state index contributed by atoms with van der Waals surface area (Å²) in [6, 6.07) is 0. The van der Waals surface area contributed by atoms with Crippen molar-refractivity contribution in [3.63, 3.8) is 0 Å². The number of hydrogen-bond acceptors (Lipinski definition) is 2. The van der Waals surface area contributed by atoms with Gasteiger partial charge in [0.15, 0.2) is 6.29 Å². The minimum absolute atomic E-state index is 0.0271. The second kappa shape index (κ2) is 12.8. The Kier molecular flexibility index (Phi) is 10.6. The lowest BCUT2D eigenvalue weighted by Gasteiger charge is -2.58. The first-order valence-electron chi connectivity index (χ1n) is 15.4. The van der Waals surface area contributed by atoms with Crippen molar-refractivity contribution in [1.29, 1.82) is 0 Å². The molecular formula is C33H58O2. The van der Waals surface area contributed by atoms with Crippen LogP contribution < -0.4 is 0 Å². The molecular weight excluding hydrogens is 428 g/mol. The fraction of sp³-hybridized carbons (Fsp3) is 0.879. The van der Waals surface area contributed by atoms with Gasteiger partial charge in [0.1, 0.15) is 0 Å². The number of hydrogen-bond donors (Lipinski definition) is 0. The van der Waals surface area contributed by atoms with Gasteiger partial charge < -0.3 is 9.47 Å². The maximum absolute atomic E-state index is 6.41. The zero-order valence-corrected chi connectivity index (χ0v) is 24.6. The van der Waals surface area contributed by atoms with Crippen molar-refractivity contribution in [3.8, 4) is 0 Å². The van der Waals surface area contributed by atoms with Crippen molar-refractivity contribution in [1.82, 2.24) is 0 Å². The fourth-order valence-corrected chi connectivity index (χ4v) is 8.86. The molecule has 0 aromatic heterocycles. The van der Waals surface area contributed by atoms with Gasteiger partial charge in [0.25, 0.3) is 0 Å². The summed E-state index contributed by atoms with van der Waals surface area (Å²) in [7, 11) is 1.80. The van der Waals surface area contributed by atoms with Crippen LogP contribution in [0.5, 0.6) is 0 Å². The third kappa shape index (κ3) is 5.79. The molecule has 4 aliphatic carbocycles. The molecule has 0 heterocycles. The summed E-state index contributed by atoms with van der Waals surface area (Å²) in [5.41, 5.74) is 4.37. The molecule has 0 aromatic carbocycles. The lowest BCUT2D eigenvalue weighted by molar-refractivity contribution is -0.168. The lowest BCUT2D eigenvalue weighted by Crippen LogP contribution is -2.50. The normalized spacial score (nSPS) is 39.5. The van der Waals surface area contributed by atoms with Crippen molar-refractivity contribution in [2.24, 2.45) is 34.5 Å². The summed E-state index contributed by atoms with van der Waals surface area (Å²) in [6.07, 6.45) is 22.4. The van der Waals surface area contributed by atoms with Crippen LogP contribution in [0.2, 0.25) is 0 Å². The molecule has 0 radical (unpaired) electrons. The average molecular weight is 487 g/mol. The van der Waals surface area contributed by atoms with Crippen molar-refractivity contribution in [3.05, 3.63) is 23.3 Å². The van der Waals surface area contributed by atoms with Gasteiger partial charge in [-0.25, -0.2) is 0 Å². The van der Waals surface area contributed by atoms with Crippen molar-refractivity contribution < 1.29 is 9.47 Å². The van der Waals surface area contributed by atoms with E-state index in [9.17, 15) is 0 Å². The molecule has 35 heavy (non-hydrogen) atoms. The molecule has 0 saturated heterocycles. The summed E-state index contributed by atoms with van der Waals surface area (Å²) < 4.78 is 12.0. The second-order valence-corrected chi connectivity index (χ2v) is 12.5. The molecule has 2 heteroatoms. The van der Waals surface area contributed by atoms with E-state index in [1.165, 1.54) is 64.2 Å². The van der Waals surface area contributed by atoms with Crippen LogP contribution in [0.1, 0.15) is 132 Å². The summed E-state index contributed by atoms with van der Waals surface area (Å²) >= 11 is 0. The van der Waals surface area contributed by atoms with E-state index in [0.717, 1.165) is 42.9 Å². The predicted octanol–water partition coefficient (Wildman–Crippen LogP) is 9.89. The Hall–Kier alpha value is -0.600. The van der Waals surface area contributed by atoms with Crippen LogP contribution >= 0.6 is 0 Å². The topological polar surface area (TPSA) is 18.5 Å². The Morgan fingerprint density at radius 2 is 1.83 bits per heavy atom. The van der Waals surface area contributed by atoms with Crippen molar-refractivity contribution in [2.45, 2.75) is 144 Å². The average Bonchev–Trinajstić information content (AvgIpc) is 3.22. The predicted molar refractivity (Wildman–Crippen MR) is 150 cm³/mol. The smallest absolute Gasteiger partial charge is 0.157 e. The SMILES string of the molecule is CC.CCCC/C=C(\C)C1CCC2C3CC=C4CC(OC(CCC)OC)CCC4(C)C3CCC12C. The van der Waals surface area contributed by atoms with Crippen LogP contribution in [0.15, 0.2) is 23.3 Å². The number of ether oxygens (including phenoxy) is 2. The molecule has 0 bridgehead atoms. The van der Waals surface area contributed by atoms with E-state index in [4.69, 9.17) is 9.47 Å². The Balaban J connectivity index is 0.00000167. The maximum atomic E-state index is 6.41. The van der Waals surface area contributed by atoms with Gasteiger partial charge in [-0.1, -0.05) is 84.1 Å². The van der Waals surface area contributed by atoms with Gasteiger partial charge in [0.05, 0.1) is 6.10 Å².